The fraction of sp³-hybridized carbons (Fsp3) is 0.100. The average molecular weight is 605 g/mol. The summed E-state index contributed by atoms with van der Waals surface area (Å²) >= 11 is 0. The van der Waals surface area contributed by atoms with Crippen LogP contribution < -0.4 is 31.1 Å². The van der Waals surface area contributed by atoms with Gasteiger partial charge in [0.25, 0.3) is 0 Å². The number of benzene rings is 6. The second-order valence-corrected chi connectivity index (χ2v) is 11.5. The van der Waals surface area contributed by atoms with E-state index in [9.17, 15) is 0 Å². The van der Waals surface area contributed by atoms with Crippen molar-refractivity contribution < 1.29 is 0 Å². The van der Waals surface area contributed by atoms with E-state index in [1.165, 1.54) is 11.1 Å². The van der Waals surface area contributed by atoms with Gasteiger partial charge >= 0.3 is 0 Å². The minimum absolute atomic E-state index is 0.766. The van der Waals surface area contributed by atoms with Crippen molar-refractivity contribution in [1.82, 2.24) is 0 Å². The van der Waals surface area contributed by atoms with Gasteiger partial charge in [-0.05, 0) is 132 Å². The molecule has 0 bridgehead atoms. The fourth-order valence-corrected chi connectivity index (χ4v) is 5.55. The van der Waals surface area contributed by atoms with Gasteiger partial charge in [0.1, 0.15) is 0 Å². The number of nitrogens with zero attached hydrogens (tertiary/aromatic N) is 4. The number of anilines is 10. The normalized spacial score (nSPS) is 10.8. The van der Waals surface area contributed by atoms with Crippen LogP contribution in [0.15, 0.2) is 146 Å². The molecule has 0 saturated heterocycles. The lowest BCUT2D eigenvalue weighted by Crippen LogP contribution is -2.11. The molecule has 0 aliphatic rings. The monoisotopic (exact) mass is 604 g/mol. The molecule has 6 nitrogen and oxygen atoms in total. The Labute approximate surface area is 272 Å². The lowest BCUT2D eigenvalue weighted by molar-refractivity contribution is 1.18. The number of nitrogens with two attached hydrogens (primary N) is 2. The van der Waals surface area contributed by atoms with Crippen molar-refractivity contribution in [3.05, 3.63) is 146 Å². The first-order valence-electron chi connectivity index (χ1n) is 15.3. The van der Waals surface area contributed by atoms with E-state index in [0.29, 0.717) is 0 Å². The molecular weight excluding hydrogens is 564 g/mol. The van der Waals surface area contributed by atoms with Crippen LogP contribution in [0.5, 0.6) is 0 Å². The Kier molecular flexibility index (Phi) is 8.53. The fourth-order valence-electron chi connectivity index (χ4n) is 5.55. The van der Waals surface area contributed by atoms with Crippen LogP contribution in [0.3, 0.4) is 0 Å². The van der Waals surface area contributed by atoms with Gasteiger partial charge in [-0.1, -0.05) is 24.3 Å². The van der Waals surface area contributed by atoms with Crippen LogP contribution in [-0.4, -0.2) is 28.2 Å². The summed E-state index contributed by atoms with van der Waals surface area (Å²) in [5.74, 6) is 0. The van der Waals surface area contributed by atoms with E-state index < -0.39 is 0 Å². The molecule has 0 heterocycles. The summed E-state index contributed by atoms with van der Waals surface area (Å²) in [6, 6.07) is 50.4. The summed E-state index contributed by atoms with van der Waals surface area (Å²) < 4.78 is 0. The Balaban J connectivity index is 1.09. The van der Waals surface area contributed by atoms with E-state index in [-0.39, 0.29) is 0 Å². The number of rotatable bonds is 9. The Hall–Kier alpha value is -5.88. The van der Waals surface area contributed by atoms with Gasteiger partial charge in [-0.3, -0.25) is 0 Å². The Morgan fingerprint density at radius 1 is 0.261 bits per heavy atom. The number of hydrogen-bond donors (Lipinski definition) is 2. The zero-order valence-electron chi connectivity index (χ0n) is 26.8. The Bertz CT molecular complexity index is 1720. The highest BCUT2D eigenvalue weighted by Gasteiger charge is 2.10. The topological polar surface area (TPSA) is 65.0 Å². The van der Waals surface area contributed by atoms with E-state index in [1.54, 1.807) is 0 Å². The van der Waals surface area contributed by atoms with Crippen molar-refractivity contribution in [2.24, 2.45) is 0 Å². The second kappa shape index (κ2) is 13.0. The van der Waals surface area contributed by atoms with Crippen molar-refractivity contribution in [2.45, 2.75) is 0 Å². The van der Waals surface area contributed by atoms with Crippen molar-refractivity contribution in [1.29, 1.82) is 0 Å². The van der Waals surface area contributed by atoms with Crippen molar-refractivity contribution in [3.8, 4) is 11.1 Å². The second-order valence-electron chi connectivity index (χ2n) is 11.5. The highest BCUT2D eigenvalue weighted by atomic mass is 15.1. The van der Waals surface area contributed by atoms with Gasteiger partial charge in [-0.15, -0.1) is 0 Å². The molecule has 6 aromatic carbocycles. The molecule has 46 heavy (non-hydrogen) atoms. The highest BCUT2D eigenvalue weighted by Crippen LogP contribution is 2.33. The van der Waals surface area contributed by atoms with Crippen molar-refractivity contribution >= 4 is 56.9 Å². The van der Waals surface area contributed by atoms with Crippen molar-refractivity contribution in [3.63, 3.8) is 0 Å². The molecular formula is C40H40N6. The lowest BCUT2D eigenvalue weighted by Gasteiger charge is -2.23. The minimum atomic E-state index is 0.766. The quantitative estimate of drug-likeness (QED) is 0.160. The summed E-state index contributed by atoms with van der Waals surface area (Å²) in [6.07, 6.45) is 0. The van der Waals surface area contributed by atoms with Crippen LogP contribution in [0.1, 0.15) is 0 Å². The summed E-state index contributed by atoms with van der Waals surface area (Å²) in [7, 11) is 8.32. The van der Waals surface area contributed by atoms with Crippen LogP contribution in [0, 0.1) is 0 Å². The highest BCUT2D eigenvalue weighted by molar-refractivity contribution is 5.74. The minimum Gasteiger partial charge on any atom is -0.399 e. The first kappa shape index (κ1) is 30.2. The van der Waals surface area contributed by atoms with Gasteiger partial charge in [-0.25, -0.2) is 0 Å². The molecule has 0 saturated carbocycles. The molecule has 6 rings (SSSR count). The molecule has 0 fully saturated rings. The van der Waals surface area contributed by atoms with Gasteiger partial charge in [0.15, 0.2) is 0 Å². The third kappa shape index (κ3) is 6.47. The predicted molar refractivity (Wildman–Crippen MR) is 199 cm³/mol. The maximum Gasteiger partial charge on any atom is 0.0409 e. The summed E-state index contributed by atoms with van der Waals surface area (Å²) in [5, 5.41) is 0. The maximum atomic E-state index is 5.85. The SMILES string of the molecule is CN(c1ccc(N)cc1)c1ccc(N(C)c2ccc(-c3ccc(N(C)c4ccc(N(C)c5ccc(N)cc5)cc4)cc3)cc2)cc1. The average Bonchev–Trinajstić information content (AvgIpc) is 3.11. The molecule has 0 radical (unpaired) electrons. The molecule has 0 atom stereocenters. The summed E-state index contributed by atoms with van der Waals surface area (Å²) in [6.45, 7) is 0. The third-order valence-corrected chi connectivity index (χ3v) is 8.65. The van der Waals surface area contributed by atoms with Crippen LogP contribution in [0.4, 0.5) is 56.9 Å². The van der Waals surface area contributed by atoms with Gasteiger partial charge in [0, 0.05) is 85.1 Å². The smallest absolute Gasteiger partial charge is 0.0409 e. The Morgan fingerprint density at radius 3 is 0.609 bits per heavy atom. The van der Waals surface area contributed by atoms with Crippen LogP contribution in [0.2, 0.25) is 0 Å². The largest absolute Gasteiger partial charge is 0.399 e. The molecule has 0 aliphatic heterocycles. The van der Waals surface area contributed by atoms with Crippen LogP contribution in [0.25, 0.3) is 11.1 Å². The zero-order valence-corrected chi connectivity index (χ0v) is 26.8. The molecule has 0 spiro atoms. The van der Waals surface area contributed by atoms with E-state index >= 15 is 0 Å². The lowest BCUT2D eigenvalue weighted by atomic mass is 10.0. The summed E-state index contributed by atoms with van der Waals surface area (Å²) in [5.41, 5.74) is 24.5. The van der Waals surface area contributed by atoms with Crippen LogP contribution >= 0.6 is 0 Å². The van der Waals surface area contributed by atoms with Crippen molar-refractivity contribution in [2.75, 3.05) is 59.3 Å². The first-order valence-corrected chi connectivity index (χ1v) is 15.3. The molecule has 6 heteroatoms. The molecule has 230 valence electrons. The molecule has 4 N–H and O–H groups in total. The van der Waals surface area contributed by atoms with Gasteiger partial charge in [0.2, 0.25) is 0 Å². The molecule has 0 aromatic heterocycles. The van der Waals surface area contributed by atoms with E-state index in [0.717, 1.165) is 56.9 Å². The number of hydrogen-bond acceptors (Lipinski definition) is 6. The molecule has 6 aromatic rings. The van der Waals surface area contributed by atoms with Gasteiger partial charge < -0.3 is 31.1 Å². The Morgan fingerprint density at radius 2 is 0.413 bits per heavy atom. The summed E-state index contributed by atoms with van der Waals surface area (Å²) in [4.78, 5) is 8.71. The van der Waals surface area contributed by atoms with E-state index in [1.807, 2.05) is 48.5 Å². The van der Waals surface area contributed by atoms with E-state index in [2.05, 4.69) is 145 Å². The molecule has 0 aliphatic carbocycles. The first-order chi connectivity index (χ1) is 22.3. The zero-order chi connectivity index (χ0) is 32.2. The third-order valence-electron chi connectivity index (χ3n) is 8.65. The van der Waals surface area contributed by atoms with Gasteiger partial charge in [-0.2, -0.15) is 0 Å². The van der Waals surface area contributed by atoms with E-state index in [4.69, 9.17) is 11.5 Å². The standard InChI is InChI=1S/C40H40N6/c1-43(37-21-25-39(26-22-37)45(3)35-17-9-31(41)10-18-35)33-13-5-29(6-14-33)30-7-15-34(16-8-30)44(2)38-23-27-40(28-24-38)46(4)36-19-11-32(42)12-20-36/h5-28H,41-42H2,1-4H3. The maximum absolute atomic E-state index is 5.85. The van der Waals surface area contributed by atoms with Crippen LogP contribution in [-0.2, 0) is 0 Å². The van der Waals surface area contributed by atoms with Gasteiger partial charge in [0.05, 0.1) is 0 Å². The molecule has 0 amide bonds. The number of nitrogen functional groups attached to an aromatic ring is 2. The predicted octanol–water partition coefficient (Wildman–Crippen LogP) is 9.59. The molecule has 0 unspecified atom stereocenters.